The van der Waals surface area contributed by atoms with Gasteiger partial charge in [0, 0.05) is 56.3 Å². The summed E-state index contributed by atoms with van der Waals surface area (Å²) in [6, 6.07) is 15.9. The van der Waals surface area contributed by atoms with E-state index in [1.807, 2.05) is 0 Å². The third kappa shape index (κ3) is 12.1. The third-order valence-corrected chi connectivity index (χ3v) is 13.0. The van der Waals surface area contributed by atoms with E-state index in [1.165, 1.54) is 36.4 Å². The Morgan fingerprint density at radius 1 is 0.492 bits per heavy atom. The largest absolute Gasteiger partial charge is 1.00 e. The van der Waals surface area contributed by atoms with E-state index in [-0.39, 0.29) is 136 Å². The maximum Gasteiger partial charge on any atom is 1.00 e. The number of phenols is 4. The Balaban J connectivity index is 0.00000341. The molecule has 0 unspecified atom stereocenters. The Bertz CT molecular complexity index is 3060. The van der Waals surface area contributed by atoms with Gasteiger partial charge in [-0.15, -0.1) is 20.5 Å². The Kier molecular flexibility index (Phi) is 18.9. The number of nitrogens with one attached hydrogen (secondary N) is 3. The predicted molar refractivity (Wildman–Crippen MR) is 207 cm³/mol. The molecule has 0 aromatic heterocycles. The minimum atomic E-state index is -5.35. The number of phenolic OH excluding ortho intramolecular Hbond substituents is 4. The van der Waals surface area contributed by atoms with Crippen molar-refractivity contribution in [2.45, 2.75) is 19.6 Å². The molecule has 0 fully saturated rings. The summed E-state index contributed by atoms with van der Waals surface area (Å²) < 4.78 is 127. The number of anilines is 2. The number of fused-ring (bicyclic) bond motifs is 2. The first-order valence-electron chi connectivity index (χ1n) is 16.2. The normalized spacial score (nSPS) is 12.1. The molecule has 0 atom stereocenters. The van der Waals surface area contributed by atoms with Gasteiger partial charge in [0.2, 0.25) is 20.0 Å². The Morgan fingerprint density at radius 3 is 1.16 bits per heavy atom. The first-order chi connectivity index (χ1) is 27.5. The van der Waals surface area contributed by atoms with Crippen LogP contribution in [0.2, 0.25) is 0 Å². The first-order valence-corrected chi connectivity index (χ1v) is 22.0. The van der Waals surface area contributed by atoms with Gasteiger partial charge in [-0.25, -0.2) is 43.1 Å². The standard InChI is InChI=1S/C34H29N7O14S4.2Cu.2Na/c1-35-56(46,47)21-5-9-27(42)25(15-21)38-40-31-29(58(50,51)52)13-17-11-19(3-7-23(17)33(31)44)37-20-4-8-24-18(12-20)14-30(59(53,54)55)32(34(24)45)41-39-26-16-22(6-10-28(26)43)57(48,49)36-2;;;;/h3-16,35-37,42-45H,1-2H3,(H,50,51,52)(H,53,54,55);;;;/q;;;2*+1/p-2. The second-order valence-electron chi connectivity index (χ2n) is 12.2. The Labute approximate surface area is 424 Å². The number of benzene rings is 6. The number of aromatic hydroxyl groups is 4. The molecule has 6 rings (SSSR count). The average Bonchev–Trinajstić information content (AvgIpc) is 3.17. The van der Waals surface area contributed by atoms with Crippen molar-refractivity contribution in [1.82, 2.24) is 9.44 Å². The minimum absolute atomic E-state index is 0. The molecule has 21 nitrogen and oxygen atoms in total. The maximum absolute atomic E-state index is 12.3. The molecule has 63 heavy (non-hydrogen) atoms. The molecule has 0 aliphatic rings. The Hall–Kier alpha value is -3.28. The van der Waals surface area contributed by atoms with Crippen LogP contribution < -0.4 is 73.9 Å². The maximum atomic E-state index is 12.3. The molecule has 0 heterocycles. The van der Waals surface area contributed by atoms with Crippen molar-refractivity contribution in [2.75, 3.05) is 19.4 Å². The minimum Gasteiger partial charge on any atom is -0.744 e. The molecule has 330 valence electrons. The van der Waals surface area contributed by atoms with Gasteiger partial charge < -0.3 is 34.8 Å². The van der Waals surface area contributed by atoms with Crippen LogP contribution in [0.4, 0.5) is 34.1 Å². The zero-order valence-corrected chi connectivity index (χ0v) is 41.6. The molecule has 0 saturated heterocycles. The van der Waals surface area contributed by atoms with Crippen LogP contribution in [0.15, 0.2) is 125 Å². The molecule has 29 heteroatoms. The van der Waals surface area contributed by atoms with E-state index in [9.17, 15) is 63.2 Å². The van der Waals surface area contributed by atoms with Gasteiger partial charge in [-0.2, -0.15) is 0 Å². The van der Waals surface area contributed by atoms with Gasteiger partial charge >= 0.3 is 59.1 Å². The van der Waals surface area contributed by atoms with Gasteiger partial charge in [-0.05, 0) is 110 Å². The monoisotopic (exact) mass is 1060 g/mol. The fraction of sp³-hybridized carbons (Fsp3) is 0.0588. The van der Waals surface area contributed by atoms with E-state index in [0.29, 0.717) is 0 Å². The van der Waals surface area contributed by atoms with Crippen molar-refractivity contribution >= 4 is 96.0 Å². The van der Waals surface area contributed by atoms with Crippen LogP contribution in [0.3, 0.4) is 0 Å². The fourth-order valence-electron chi connectivity index (χ4n) is 5.54. The fourth-order valence-corrected chi connectivity index (χ4v) is 8.33. The van der Waals surface area contributed by atoms with Gasteiger partial charge in [-0.3, -0.25) is 0 Å². The molecule has 2 radical (unpaired) electrons. The summed E-state index contributed by atoms with van der Waals surface area (Å²) in [4.78, 5) is -2.70. The quantitative estimate of drug-likeness (QED) is 0.0440. The Morgan fingerprint density at radius 2 is 0.841 bits per heavy atom. The molecular formula is C34H27Cu2N7Na2O14S4. The number of azo groups is 2. The summed E-state index contributed by atoms with van der Waals surface area (Å²) in [6.07, 6.45) is 0. The summed E-state index contributed by atoms with van der Waals surface area (Å²) in [5.41, 5.74) is -2.05. The van der Waals surface area contributed by atoms with Crippen LogP contribution in [0, 0.1) is 0 Å². The van der Waals surface area contributed by atoms with E-state index in [1.54, 1.807) is 0 Å². The van der Waals surface area contributed by atoms with Crippen molar-refractivity contribution in [3.05, 3.63) is 84.9 Å². The van der Waals surface area contributed by atoms with Crippen molar-refractivity contribution in [2.24, 2.45) is 20.5 Å². The first kappa shape index (κ1) is 55.8. The molecule has 0 saturated carbocycles. The van der Waals surface area contributed by atoms with Gasteiger partial charge in [0.25, 0.3) is 0 Å². The third-order valence-electron chi connectivity index (χ3n) is 8.50. The van der Waals surface area contributed by atoms with Crippen molar-refractivity contribution in [3.8, 4) is 23.0 Å². The van der Waals surface area contributed by atoms with E-state index >= 15 is 0 Å². The zero-order valence-electron chi connectivity index (χ0n) is 32.5. The summed E-state index contributed by atoms with van der Waals surface area (Å²) >= 11 is 0. The summed E-state index contributed by atoms with van der Waals surface area (Å²) in [5, 5.41) is 60.2. The van der Waals surface area contributed by atoms with Crippen LogP contribution in [-0.4, -0.2) is 77.3 Å². The van der Waals surface area contributed by atoms with Crippen LogP contribution >= 0.6 is 0 Å². The number of sulfonamides is 2. The second-order valence-corrected chi connectivity index (χ2v) is 18.6. The topological polar surface area (TPSA) is 349 Å². The van der Waals surface area contributed by atoms with E-state index in [0.717, 1.165) is 62.6 Å². The summed E-state index contributed by atoms with van der Waals surface area (Å²) in [5.74, 6) is -2.73. The van der Waals surface area contributed by atoms with Crippen molar-refractivity contribution in [3.63, 3.8) is 0 Å². The number of hydrogen-bond acceptors (Lipinski definition) is 19. The van der Waals surface area contributed by atoms with Crippen molar-refractivity contribution in [1.29, 1.82) is 0 Å². The molecule has 0 bridgehead atoms. The molecule has 0 spiro atoms. The summed E-state index contributed by atoms with van der Waals surface area (Å²) in [7, 11) is -16.4. The number of hydrogen-bond donors (Lipinski definition) is 7. The molecule has 0 aliphatic carbocycles. The van der Waals surface area contributed by atoms with Crippen LogP contribution in [-0.2, 0) is 74.4 Å². The van der Waals surface area contributed by atoms with Crippen LogP contribution in [0.1, 0.15) is 0 Å². The van der Waals surface area contributed by atoms with Gasteiger partial charge in [0.1, 0.15) is 54.5 Å². The predicted octanol–water partition coefficient (Wildman–Crippen LogP) is -0.983. The van der Waals surface area contributed by atoms with E-state index in [2.05, 4.69) is 35.2 Å². The molecule has 6 aromatic rings. The van der Waals surface area contributed by atoms with Gasteiger partial charge in [0.05, 0.1) is 19.6 Å². The van der Waals surface area contributed by atoms with Crippen LogP contribution in [0.5, 0.6) is 23.0 Å². The molecule has 0 amide bonds. The van der Waals surface area contributed by atoms with Crippen LogP contribution in [0.25, 0.3) is 21.5 Å². The summed E-state index contributed by atoms with van der Waals surface area (Å²) in [6.45, 7) is 0. The average molecular weight is 1060 g/mol. The van der Waals surface area contributed by atoms with E-state index in [4.69, 9.17) is 0 Å². The molecule has 7 N–H and O–H groups in total. The smallest absolute Gasteiger partial charge is 0.744 e. The van der Waals surface area contributed by atoms with E-state index < -0.39 is 95.8 Å². The van der Waals surface area contributed by atoms with Crippen molar-refractivity contribution < 1.29 is 156 Å². The molecular weight excluding hydrogens is 1030 g/mol. The molecule has 6 aromatic carbocycles. The van der Waals surface area contributed by atoms with Gasteiger partial charge in [-0.1, -0.05) is 0 Å². The SMILES string of the molecule is CNS(=O)(=O)c1ccc(O)c(N=Nc2c(S(=O)(=O)[O-])cc3cc(Nc4ccc5c(O)c(N=Nc6cc(S(=O)(=O)NC)ccc6O)c(S(=O)(=O)[O-])cc5c4)ccc3c2O)c1.[Cu].[Cu].[Na+].[Na+]. The second kappa shape index (κ2) is 21.4. The molecule has 0 aliphatic heterocycles. The van der Waals surface area contributed by atoms with Gasteiger partial charge in [0.15, 0.2) is 11.5 Å². The number of nitrogens with zero attached hydrogens (tertiary/aromatic N) is 4. The zero-order chi connectivity index (χ0) is 43.2. The number of rotatable bonds is 12.